The molecule has 0 bridgehead atoms. The van der Waals surface area contributed by atoms with Crippen LogP contribution in [0.25, 0.3) is 0 Å². The summed E-state index contributed by atoms with van der Waals surface area (Å²) in [5, 5.41) is 0.449. The molecule has 0 N–H and O–H groups in total. The molecule has 0 aromatic carbocycles. The zero-order valence-corrected chi connectivity index (χ0v) is 8.65. The van der Waals surface area contributed by atoms with E-state index in [1.165, 1.54) is 11.9 Å². The molecular weight excluding hydrogens is 210 g/mol. The van der Waals surface area contributed by atoms with E-state index in [4.69, 9.17) is 0 Å². The molecule has 14 heavy (non-hydrogen) atoms. The van der Waals surface area contributed by atoms with E-state index in [2.05, 4.69) is 4.98 Å². The van der Waals surface area contributed by atoms with Gasteiger partial charge in [-0.1, -0.05) is 11.3 Å². The second-order valence-corrected chi connectivity index (χ2v) is 3.84. The minimum Gasteiger partial charge on any atom is -0.345 e. The fraction of sp³-hybridized carbons (Fsp3) is 0.500. The molecule has 0 fully saturated rings. The first-order valence-corrected chi connectivity index (χ1v) is 4.78. The Bertz CT molecular complexity index is 327. The number of aryl methyl sites for hydroxylation is 1. The van der Waals surface area contributed by atoms with Gasteiger partial charge in [-0.25, -0.2) is 13.8 Å². The molecule has 0 radical (unpaired) electrons. The van der Waals surface area contributed by atoms with Gasteiger partial charge < -0.3 is 4.90 Å². The minimum absolute atomic E-state index is 0.370. The van der Waals surface area contributed by atoms with E-state index in [1.807, 2.05) is 0 Å². The summed E-state index contributed by atoms with van der Waals surface area (Å²) in [5.74, 6) is 0. The van der Waals surface area contributed by atoms with E-state index in [-0.39, 0.29) is 6.54 Å². The lowest BCUT2D eigenvalue weighted by Crippen LogP contribution is -2.23. The van der Waals surface area contributed by atoms with Crippen molar-refractivity contribution in [2.24, 2.45) is 0 Å². The highest BCUT2D eigenvalue weighted by molar-refractivity contribution is 7.17. The quantitative estimate of drug-likeness (QED) is 0.727. The van der Waals surface area contributed by atoms with Crippen molar-refractivity contribution in [1.82, 2.24) is 4.98 Å². The van der Waals surface area contributed by atoms with E-state index >= 15 is 0 Å². The predicted molar refractivity (Wildman–Crippen MR) is 51.5 cm³/mol. The molecule has 0 saturated heterocycles. The summed E-state index contributed by atoms with van der Waals surface area (Å²) in [6.07, 6.45) is -1.71. The minimum atomic E-state index is -2.40. The maximum Gasteiger partial charge on any atom is 0.255 e. The summed E-state index contributed by atoms with van der Waals surface area (Å²) in [6, 6.07) is 0. The highest BCUT2D eigenvalue weighted by Crippen LogP contribution is 2.23. The van der Waals surface area contributed by atoms with Gasteiger partial charge in [0.25, 0.3) is 6.43 Å². The molecule has 0 spiro atoms. The third-order valence-electron chi connectivity index (χ3n) is 1.67. The van der Waals surface area contributed by atoms with Crippen molar-refractivity contribution in [2.75, 3.05) is 18.5 Å². The van der Waals surface area contributed by atoms with Crippen LogP contribution >= 0.6 is 11.3 Å². The van der Waals surface area contributed by atoms with Crippen molar-refractivity contribution in [2.45, 2.75) is 13.3 Å². The van der Waals surface area contributed by atoms with Gasteiger partial charge >= 0.3 is 0 Å². The summed E-state index contributed by atoms with van der Waals surface area (Å²) >= 11 is 1.12. The van der Waals surface area contributed by atoms with Crippen LogP contribution in [0.1, 0.15) is 15.4 Å². The van der Waals surface area contributed by atoms with Crippen LogP contribution < -0.4 is 4.90 Å². The maximum absolute atomic E-state index is 12.0. The predicted octanol–water partition coefficient (Wildman–Crippen LogP) is 1.97. The lowest BCUT2D eigenvalue weighted by atomic mass is 10.4. The number of aldehydes is 1. The van der Waals surface area contributed by atoms with E-state index < -0.39 is 6.43 Å². The van der Waals surface area contributed by atoms with Crippen LogP contribution in [0.4, 0.5) is 13.9 Å². The van der Waals surface area contributed by atoms with Crippen LogP contribution in [-0.4, -0.2) is 31.3 Å². The Balaban J connectivity index is 2.80. The van der Waals surface area contributed by atoms with Crippen molar-refractivity contribution < 1.29 is 13.6 Å². The van der Waals surface area contributed by atoms with Gasteiger partial charge in [-0.3, -0.25) is 4.79 Å². The lowest BCUT2D eigenvalue weighted by molar-refractivity contribution is 0.112. The monoisotopic (exact) mass is 220 g/mol. The average Bonchev–Trinajstić information content (AvgIpc) is 2.45. The average molecular weight is 220 g/mol. The van der Waals surface area contributed by atoms with Gasteiger partial charge in [0, 0.05) is 7.05 Å². The normalized spacial score (nSPS) is 10.6. The molecule has 78 valence electrons. The Kier molecular flexibility index (Phi) is 3.51. The van der Waals surface area contributed by atoms with Crippen molar-refractivity contribution >= 4 is 22.8 Å². The standard InChI is InChI=1S/C8H10F2N2OS/c1-5-6(4-13)14-8(11-5)12(2)3-7(9)10/h4,7H,3H2,1-2H3. The van der Waals surface area contributed by atoms with Crippen molar-refractivity contribution in [1.29, 1.82) is 0 Å². The van der Waals surface area contributed by atoms with E-state index in [1.54, 1.807) is 6.92 Å². The van der Waals surface area contributed by atoms with Gasteiger partial charge in [0.05, 0.1) is 17.1 Å². The number of alkyl halides is 2. The molecule has 1 rings (SSSR count). The van der Waals surface area contributed by atoms with Gasteiger partial charge in [0.1, 0.15) is 0 Å². The fourth-order valence-corrected chi connectivity index (χ4v) is 1.80. The molecule has 1 aromatic rings. The number of hydrogen-bond acceptors (Lipinski definition) is 4. The number of thiazole rings is 1. The highest BCUT2D eigenvalue weighted by atomic mass is 32.1. The summed E-state index contributed by atoms with van der Waals surface area (Å²) in [7, 11) is 1.53. The first-order chi connectivity index (χ1) is 6.54. The van der Waals surface area contributed by atoms with E-state index in [9.17, 15) is 13.6 Å². The Morgan fingerprint density at radius 3 is 2.71 bits per heavy atom. The number of anilines is 1. The Morgan fingerprint density at radius 2 is 2.29 bits per heavy atom. The number of nitrogens with zero attached hydrogens (tertiary/aromatic N) is 2. The topological polar surface area (TPSA) is 33.2 Å². The number of carbonyl (C=O) groups excluding carboxylic acids is 1. The third-order valence-corrected chi connectivity index (χ3v) is 2.86. The summed E-state index contributed by atoms with van der Waals surface area (Å²) in [5.41, 5.74) is 0.584. The maximum atomic E-state index is 12.0. The highest BCUT2D eigenvalue weighted by Gasteiger charge is 2.13. The third kappa shape index (κ3) is 2.47. The van der Waals surface area contributed by atoms with Crippen LogP contribution in [0.2, 0.25) is 0 Å². The molecule has 6 heteroatoms. The van der Waals surface area contributed by atoms with Crippen LogP contribution in [0.15, 0.2) is 0 Å². The number of hydrogen-bond donors (Lipinski definition) is 0. The SMILES string of the molecule is Cc1nc(N(C)CC(F)F)sc1C=O. The number of rotatable bonds is 4. The molecule has 0 saturated carbocycles. The molecule has 3 nitrogen and oxygen atoms in total. The van der Waals surface area contributed by atoms with Gasteiger partial charge in [-0.15, -0.1) is 0 Å². The van der Waals surface area contributed by atoms with Gasteiger partial charge in [-0.05, 0) is 6.92 Å². The summed E-state index contributed by atoms with van der Waals surface area (Å²) < 4.78 is 24.1. The second-order valence-electron chi connectivity index (χ2n) is 2.84. The van der Waals surface area contributed by atoms with Crippen molar-refractivity contribution in [3.05, 3.63) is 10.6 Å². The molecule has 0 aliphatic rings. The van der Waals surface area contributed by atoms with Crippen molar-refractivity contribution in [3.63, 3.8) is 0 Å². The van der Waals surface area contributed by atoms with E-state index in [0.717, 1.165) is 11.3 Å². The van der Waals surface area contributed by atoms with Crippen LogP contribution in [-0.2, 0) is 0 Å². The molecule has 0 unspecified atom stereocenters. The molecule has 0 aliphatic heterocycles. The Labute approximate surface area is 84.4 Å². The van der Waals surface area contributed by atoms with E-state index in [0.29, 0.717) is 22.0 Å². The largest absolute Gasteiger partial charge is 0.345 e. The zero-order valence-electron chi connectivity index (χ0n) is 7.83. The summed E-state index contributed by atoms with van der Waals surface area (Å²) in [6.45, 7) is 1.31. The molecule has 1 aromatic heterocycles. The summed E-state index contributed by atoms with van der Waals surface area (Å²) in [4.78, 5) is 16.3. The fourth-order valence-electron chi connectivity index (χ4n) is 0.951. The second kappa shape index (κ2) is 4.45. The van der Waals surface area contributed by atoms with Crippen molar-refractivity contribution in [3.8, 4) is 0 Å². The van der Waals surface area contributed by atoms with Gasteiger partial charge in [0.15, 0.2) is 11.4 Å². The number of carbonyl (C=O) groups is 1. The lowest BCUT2D eigenvalue weighted by Gasteiger charge is -2.14. The van der Waals surface area contributed by atoms with Crippen LogP contribution in [0.5, 0.6) is 0 Å². The van der Waals surface area contributed by atoms with Crippen LogP contribution in [0, 0.1) is 6.92 Å². The molecule has 0 atom stereocenters. The molecule has 0 amide bonds. The van der Waals surface area contributed by atoms with Gasteiger partial charge in [-0.2, -0.15) is 0 Å². The first kappa shape index (κ1) is 11.0. The first-order valence-electron chi connectivity index (χ1n) is 3.96. The number of aromatic nitrogens is 1. The van der Waals surface area contributed by atoms with Gasteiger partial charge in [0.2, 0.25) is 0 Å². The molecular formula is C8H10F2N2OS. The Hall–Kier alpha value is -1.04. The molecule has 0 aliphatic carbocycles. The number of halogens is 2. The smallest absolute Gasteiger partial charge is 0.255 e. The molecule has 1 heterocycles. The van der Waals surface area contributed by atoms with Crippen LogP contribution in [0.3, 0.4) is 0 Å². The zero-order chi connectivity index (χ0) is 10.7. The Morgan fingerprint density at radius 1 is 1.64 bits per heavy atom.